The lowest BCUT2D eigenvalue weighted by Gasteiger charge is -2.13. The van der Waals surface area contributed by atoms with Gasteiger partial charge >= 0.3 is 5.97 Å². The van der Waals surface area contributed by atoms with Gasteiger partial charge in [-0.25, -0.2) is 9.78 Å². The van der Waals surface area contributed by atoms with E-state index in [0.717, 1.165) is 52.0 Å². The highest BCUT2D eigenvalue weighted by Gasteiger charge is 2.21. The lowest BCUT2D eigenvalue weighted by Crippen LogP contribution is -2.06. The number of ether oxygens (including phenoxy) is 1. The predicted octanol–water partition coefficient (Wildman–Crippen LogP) is 5.75. The number of carboxylic acids is 1. The van der Waals surface area contributed by atoms with Crippen LogP contribution in [-0.4, -0.2) is 20.6 Å². The first kappa shape index (κ1) is 21.0. The van der Waals surface area contributed by atoms with Gasteiger partial charge in [-0.15, -0.1) is 0 Å². The number of imidazole rings is 1. The average Bonchev–Trinajstić information content (AvgIpc) is 3.07. The smallest absolute Gasteiger partial charge is 0.328 e. The molecule has 1 aliphatic rings. The molecule has 5 nitrogen and oxygen atoms in total. The zero-order valence-electron chi connectivity index (χ0n) is 18.8. The molecular weight excluding hydrogens is 412 g/mol. The zero-order valence-corrected chi connectivity index (χ0v) is 18.8. The Morgan fingerprint density at radius 2 is 1.97 bits per heavy atom. The van der Waals surface area contributed by atoms with Crippen LogP contribution < -0.4 is 4.74 Å². The van der Waals surface area contributed by atoms with Gasteiger partial charge in [-0.1, -0.05) is 49.4 Å². The Balaban J connectivity index is 1.59. The predicted molar refractivity (Wildman–Crippen MR) is 129 cm³/mol. The summed E-state index contributed by atoms with van der Waals surface area (Å²) in [5.74, 6) is 0.817. The SMILES string of the molecule is CCCc1nc2c(C)cccc2n1Cc1ccc2c(c1)COc1ccccc1/C2=C/C(=O)O. The molecule has 0 spiro atoms. The van der Waals surface area contributed by atoms with E-state index in [1.807, 2.05) is 30.3 Å². The molecule has 1 aliphatic heterocycles. The van der Waals surface area contributed by atoms with Crippen LogP contribution in [-0.2, 0) is 24.4 Å². The molecule has 166 valence electrons. The van der Waals surface area contributed by atoms with Gasteiger partial charge in [0.1, 0.15) is 18.2 Å². The quantitative estimate of drug-likeness (QED) is 0.403. The molecule has 4 aromatic rings. The Hall–Kier alpha value is -3.86. The molecule has 0 saturated heterocycles. The first-order valence-electron chi connectivity index (χ1n) is 11.3. The lowest BCUT2D eigenvalue weighted by molar-refractivity contribution is -0.131. The van der Waals surface area contributed by atoms with E-state index in [1.165, 1.54) is 11.6 Å². The van der Waals surface area contributed by atoms with Gasteiger partial charge in [0.25, 0.3) is 0 Å². The van der Waals surface area contributed by atoms with E-state index in [4.69, 9.17) is 9.72 Å². The summed E-state index contributed by atoms with van der Waals surface area (Å²) in [7, 11) is 0. The molecule has 0 amide bonds. The van der Waals surface area contributed by atoms with Crippen LogP contribution in [0.25, 0.3) is 16.6 Å². The number of aryl methyl sites for hydroxylation is 2. The summed E-state index contributed by atoms with van der Waals surface area (Å²) in [6.07, 6.45) is 3.22. The van der Waals surface area contributed by atoms with E-state index in [0.29, 0.717) is 24.5 Å². The van der Waals surface area contributed by atoms with Crippen molar-refractivity contribution in [2.75, 3.05) is 0 Å². The largest absolute Gasteiger partial charge is 0.488 e. The third-order valence-corrected chi connectivity index (χ3v) is 6.16. The molecule has 0 fully saturated rings. The average molecular weight is 439 g/mol. The van der Waals surface area contributed by atoms with Gasteiger partial charge in [0, 0.05) is 30.2 Å². The van der Waals surface area contributed by atoms with Crippen LogP contribution in [0.4, 0.5) is 0 Å². The summed E-state index contributed by atoms with van der Waals surface area (Å²) in [5, 5.41) is 9.51. The highest BCUT2D eigenvalue weighted by molar-refractivity contribution is 5.97. The maximum atomic E-state index is 11.6. The number of aliphatic carboxylic acids is 1. The number of benzene rings is 3. The van der Waals surface area contributed by atoms with Crippen molar-refractivity contribution in [2.45, 2.75) is 39.8 Å². The van der Waals surface area contributed by atoms with E-state index in [9.17, 15) is 9.90 Å². The maximum Gasteiger partial charge on any atom is 0.328 e. The Morgan fingerprint density at radius 3 is 2.79 bits per heavy atom. The number of hydrogen-bond donors (Lipinski definition) is 1. The summed E-state index contributed by atoms with van der Waals surface area (Å²) in [6, 6.07) is 20.1. The molecule has 3 aromatic carbocycles. The highest BCUT2D eigenvalue weighted by atomic mass is 16.5. The van der Waals surface area contributed by atoms with E-state index < -0.39 is 5.97 Å². The zero-order chi connectivity index (χ0) is 22.9. The van der Waals surface area contributed by atoms with Gasteiger partial charge in [-0.3, -0.25) is 0 Å². The van der Waals surface area contributed by atoms with Crippen molar-refractivity contribution in [3.8, 4) is 5.75 Å². The summed E-state index contributed by atoms with van der Waals surface area (Å²) in [6.45, 7) is 5.36. The second kappa shape index (κ2) is 8.58. The summed E-state index contributed by atoms with van der Waals surface area (Å²) in [5.41, 5.74) is 7.86. The summed E-state index contributed by atoms with van der Waals surface area (Å²) < 4.78 is 8.37. The number of fused-ring (bicyclic) bond motifs is 3. The van der Waals surface area contributed by atoms with Gasteiger partial charge in [-0.05, 0) is 53.8 Å². The van der Waals surface area contributed by atoms with Crippen molar-refractivity contribution < 1.29 is 14.6 Å². The van der Waals surface area contributed by atoms with Crippen LogP contribution in [0.2, 0.25) is 0 Å². The number of aromatic nitrogens is 2. The number of hydrogen-bond acceptors (Lipinski definition) is 3. The first-order valence-corrected chi connectivity index (χ1v) is 11.3. The standard InChI is InChI=1S/C28H26N2O3/c1-3-7-26-29-28-18(2)8-6-10-24(28)30(26)16-19-12-13-21-20(14-19)17-33-25-11-5-4-9-22(25)23(21)15-27(31)32/h4-6,8-15H,3,7,16-17H2,1-2H3,(H,31,32)/b23-15+. The fourth-order valence-corrected chi connectivity index (χ4v) is 4.63. The third-order valence-electron chi connectivity index (χ3n) is 6.16. The topological polar surface area (TPSA) is 64.4 Å². The summed E-state index contributed by atoms with van der Waals surface area (Å²) >= 11 is 0. The second-order valence-electron chi connectivity index (χ2n) is 8.48. The van der Waals surface area contributed by atoms with E-state index in [-0.39, 0.29) is 0 Å². The summed E-state index contributed by atoms with van der Waals surface area (Å²) in [4.78, 5) is 16.5. The minimum absolute atomic E-state index is 0.392. The molecule has 1 N–H and O–H groups in total. The second-order valence-corrected chi connectivity index (χ2v) is 8.48. The number of nitrogens with zero attached hydrogens (tertiary/aromatic N) is 2. The monoisotopic (exact) mass is 438 g/mol. The van der Waals surface area contributed by atoms with Gasteiger partial charge in [-0.2, -0.15) is 0 Å². The fraction of sp³-hybridized carbons (Fsp3) is 0.214. The highest BCUT2D eigenvalue weighted by Crippen LogP contribution is 2.37. The Kier molecular flexibility index (Phi) is 5.47. The number of para-hydroxylation sites is 2. The van der Waals surface area contributed by atoms with Crippen molar-refractivity contribution in [3.63, 3.8) is 0 Å². The van der Waals surface area contributed by atoms with E-state index in [2.05, 4.69) is 48.7 Å². The molecule has 0 unspecified atom stereocenters. The van der Waals surface area contributed by atoms with Crippen molar-refractivity contribution in [1.29, 1.82) is 0 Å². The molecular formula is C28H26N2O3. The third kappa shape index (κ3) is 3.91. The van der Waals surface area contributed by atoms with Crippen LogP contribution in [0.3, 0.4) is 0 Å². The van der Waals surface area contributed by atoms with Crippen LogP contribution in [0, 0.1) is 6.92 Å². The molecule has 0 aliphatic carbocycles. The van der Waals surface area contributed by atoms with Crippen molar-refractivity contribution in [3.05, 3.63) is 100 Å². The molecule has 5 heteroatoms. The molecule has 1 aromatic heterocycles. The molecule has 0 radical (unpaired) electrons. The number of rotatable bonds is 5. The molecule has 0 atom stereocenters. The molecule has 0 saturated carbocycles. The number of carboxylic acid groups (broad SMARTS) is 1. The fourth-order valence-electron chi connectivity index (χ4n) is 4.63. The Labute approximate surface area is 193 Å². The van der Waals surface area contributed by atoms with Crippen LogP contribution in [0.1, 0.15) is 47.0 Å². The van der Waals surface area contributed by atoms with Gasteiger partial charge in [0.05, 0.1) is 11.0 Å². The molecule has 33 heavy (non-hydrogen) atoms. The number of carbonyl (C=O) groups is 1. The Morgan fingerprint density at radius 1 is 1.12 bits per heavy atom. The lowest BCUT2D eigenvalue weighted by atomic mass is 9.93. The van der Waals surface area contributed by atoms with E-state index >= 15 is 0 Å². The van der Waals surface area contributed by atoms with Gasteiger partial charge < -0.3 is 14.4 Å². The minimum Gasteiger partial charge on any atom is -0.488 e. The van der Waals surface area contributed by atoms with Gasteiger partial charge in [0.2, 0.25) is 0 Å². The van der Waals surface area contributed by atoms with Crippen LogP contribution in [0.15, 0.2) is 66.7 Å². The minimum atomic E-state index is -0.971. The molecule has 5 rings (SSSR count). The van der Waals surface area contributed by atoms with Crippen LogP contribution >= 0.6 is 0 Å². The van der Waals surface area contributed by atoms with Gasteiger partial charge in [0.15, 0.2) is 0 Å². The van der Waals surface area contributed by atoms with Crippen molar-refractivity contribution in [2.24, 2.45) is 0 Å². The maximum absolute atomic E-state index is 11.6. The molecule has 0 bridgehead atoms. The first-order chi connectivity index (χ1) is 16.0. The molecule has 2 heterocycles. The Bertz CT molecular complexity index is 1400. The van der Waals surface area contributed by atoms with E-state index in [1.54, 1.807) is 0 Å². The normalized spacial score (nSPS) is 13.9. The van der Waals surface area contributed by atoms with Crippen molar-refractivity contribution in [1.82, 2.24) is 9.55 Å². The van der Waals surface area contributed by atoms with Crippen molar-refractivity contribution >= 4 is 22.6 Å². The van der Waals surface area contributed by atoms with Crippen LogP contribution in [0.5, 0.6) is 5.75 Å².